The summed E-state index contributed by atoms with van der Waals surface area (Å²) >= 11 is 0. The normalized spacial score (nSPS) is 18.9. The van der Waals surface area contributed by atoms with Crippen molar-refractivity contribution < 1.29 is 4.79 Å². The van der Waals surface area contributed by atoms with E-state index in [-0.39, 0.29) is 17.4 Å². The minimum absolute atomic E-state index is 0.0104. The van der Waals surface area contributed by atoms with Crippen molar-refractivity contribution in [3.8, 4) is 0 Å². The van der Waals surface area contributed by atoms with Crippen molar-refractivity contribution in [3.05, 3.63) is 30.5 Å². The van der Waals surface area contributed by atoms with Crippen molar-refractivity contribution >= 4 is 22.8 Å². The molecule has 2 aromatic rings. The maximum absolute atomic E-state index is 12.4. The van der Waals surface area contributed by atoms with Crippen molar-refractivity contribution in [2.24, 2.45) is 5.92 Å². The van der Waals surface area contributed by atoms with E-state index in [1.807, 2.05) is 51.2 Å². The first-order valence-electron chi connectivity index (χ1n) is 8.21. The molecule has 1 amide bonds. The lowest BCUT2D eigenvalue weighted by Gasteiger charge is -2.34. The highest BCUT2D eigenvalue weighted by Gasteiger charge is 2.28. The monoisotopic (exact) mass is 312 g/mol. The molecular formula is C18H24N4O. The average molecular weight is 312 g/mol. The summed E-state index contributed by atoms with van der Waals surface area (Å²) in [6, 6.07) is 7.86. The molecule has 1 saturated heterocycles. The Hall–Kier alpha value is -2.17. The van der Waals surface area contributed by atoms with E-state index in [9.17, 15) is 4.79 Å². The molecule has 5 nitrogen and oxygen atoms in total. The molecule has 23 heavy (non-hydrogen) atoms. The van der Waals surface area contributed by atoms with Gasteiger partial charge in [-0.25, -0.2) is 4.98 Å². The SMILES string of the molecule is CC(C)(C)NC(=O)C1CCCN(c2cnc3ccccc3n2)C1. The Bertz CT molecular complexity index is 707. The van der Waals surface area contributed by atoms with E-state index < -0.39 is 0 Å². The minimum atomic E-state index is -0.192. The molecule has 0 spiro atoms. The van der Waals surface area contributed by atoms with Crippen LogP contribution in [0, 0.1) is 5.92 Å². The second-order valence-corrected chi connectivity index (χ2v) is 7.24. The van der Waals surface area contributed by atoms with E-state index in [1.165, 1.54) is 0 Å². The standard InChI is InChI=1S/C18H24N4O/c1-18(2,3)21-17(23)13-7-6-10-22(12-13)16-11-19-14-8-4-5-9-15(14)20-16/h4-5,8-9,11,13H,6-7,10,12H2,1-3H3,(H,21,23). The smallest absolute Gasteiger partial charge is 0.225 e. The number of nitrogens with one attached hydrogen (secondary N) is 1. The maximum Gasteiger partial charge on any atom is 0.225 e. The van der Waals surface area contributed by atoms with Crippen LogP contribution in [0.15, 0.2) is 30.5 Å². The second kappa shape index (κ2) is 6.14. The third-order valence-electron chi connectivity index (χ3n) is 4.05. The quantitative estimate of drug-likeness (QED) is 0.926. The third-order valence-corrected chi connectivity index (χ3v) is 4.05. The van der Waals surface area contributed by atoms with Crippen LogP contribution in [0.3, 0.4) is 0 Å². The predicted molar refractivity (Wildman–Crippen MR) is 92.4 cm³/mol. The fourth-order valence-corrected chi connectivity index (χ4v) is 2.97. The molecule has 0 saturated carbocycles. The van der Waals surface area contributed by atoms with Gasteiger partial charge in [0.2, 0.25) is 5.91 Å². The van der Waals surface area contributed by atoms with Crippen molar-refractivity contribution in [1.82, 2.24) is 15.3 Å². The summed E-state index contributed by atoms with van der Waals surface area (Å²) in [4.78, 5) is 23.8. The summed E-state index contributed by atoms with van der Waals surface area (Å²) in [5.41, 5.74) is 1.60. The molecule has 2 heterocycles. The predicted octanol–water partition coefficient (Wildman–Crippen LogP) is 2.76. The number of carbonyl (C=O) groups excluding carboxylic acids is 1. The molecule has 1 aromatic heterocycles. The molecule has 122 valence electrons. The largest absolute Gasteiger partial charge is 0.355 e. The molecular weight excluding hydrogens is 288 g/mol. The molecule has 0 bridgehead atoms. The zero-order valence-electron chi connectivity index (χ0n) is 14.0. The highest BCUT2D eigenvalue weighted by molar-refractivity contribution is 5.80. The first kappa shape index (κ1) is 15.7. The third kappa shape index (κ3) is 3.78. The van der Waals surface area contributed by atoms with Gasteiger partial charge in [-0.2, -0.15) is 0 Å². The van der Waals surface area contributed by atoms with E-state index in [4.69, 9.17) is 4.98 Å². The number of benzene rings is 1. The molecule has 1 N–H and O–H groups in total. The summed E-state index contributed by atoms with van der Waals surface area (Å²) < 4.78 is 0. The fraction of sp³-hybridized carbons (Fsp3) is 0.500. The van der Waals surface area contributed by atoms with Gasteiger partial charge >= 0.3 is 0 Å². The van der Waals surface area contributed by atoms with Gasteiger partial charge in [-0.05, 0) is 45.7 Å². The van der Waals surface area contributed by atoms with Crippen LogP contribution in [-0.2, 0) is 4.79 Å². The number of aromatic nitrogens is 2. The molecule has 1 atom stereocenters. The van der Waals surface area contributed by atoms with E-state index in [0.29, 0.717) is 6.54 Å². The summed E-state index contributed by atoms with van der Waals surface area (Å²) in [5, 5.41) is 3.09. The van der Waals surface area contributed by atoms with Crippen LogP contribution in [-0.4, -0.2) is 34.5 Å². The Morgan fingerprint density at radius 3 is 2.74 bits per heavy atom. The number of hydrogen-bond donors (Lipinski definition) is 1. The van der Waals surface area contributed by atoms with E-state index in [0.717, 1.165) is 36.2 Å². The highest BCUT2D eigenvalue weighted by atomic mass is 16.2. The zero-order valence-corrected chi connectivity index (χ0v) is 14.0. The molecule has 1 aromatic carbocycles. The van der Waals surface area contributed by atoms with Gasteiger partial charge in [-0.15, -0.1) is 0 Å². The van der Waals surface area contributed by atoms with Gasteiger partial charge < -0.3 is 10.2 Å². The minimum Gasteiger partial charge on any atom is -0.355 e. The van der Waals surface area contributed by atoms with Crippen LogP contribution in [0.25, 0.3) is 11.0 Å². The van der Waals surface area contributed by atoms with Crippen LogP contribution in [0.4, 0.5) is 5.82 Å². The van der Waals surface area contributed by atoms with Crippen molar-refractivity contribution in [2.45, 2.75) is 39.2 Å². The van der Waals surface area contributed by atoms with Crippen LogP contribution >= 0.6 is 0 Å². The number of fused-ring (bicyclic) bond motifs is 1. The van der Waals surface area contributed by atoms with Crippen molar-refractivity contribution in [3.63, 3.8) is 0 Å². The topological polar surface area (TPSA) is 58.1 Å². The first-order valence-corrected chi connectivity index (χ1v) is 8.21. The lowest BCUT2D eigenvalue weighted by Crippen LogP contribution is -2.48. The average Bonchev–Trinajstić information content (AvgIpc) is 2.53. The Balaban J connectivity index is 1.75. The molecule has 5 heteroatoms. The number of amides is 1. The molecule has 1 unspecified atom stereocenters. The van der Waals surface area contributed by atoms with Gasteiger partial charge in [-0.3, -0.25) is 9.78 Å². The number of rotatable bonds is 2. The molecule has 3 rings (SSSR count). The van der Waals surface area contributed by atoms with Gasteiger partial charge in [0.25, 0.3) is 0 Å². The number of piperidine rings is 1. The fourth-order valence-electron chi connectivity index (χ4n) is 2.97. The van der Waals surface area contributed by atoms with E-state index in [1.54, 1.807) is 0 Å². The van der Waals surface area contributed by atoms with E-state index in [2.05, 4.69) is 15.2 Å². The van der Waals surface area contributed by atoms with Gasteiger partial charge in [-0.1, -0.05) is 12.1 Å². The van der Waals surface area contributed by atoms with Crippen LogP contribution in [0.5, 0.6) is 0 Å². The molecule has 0 radical (unpaired) electrons. The molecule has 1 fully saturated rings. The number of nitrogens with zero attached hydrogens (tertiary/aromatic N) is 3. The summed E-state index contributed by atoms with van der Waals surface area (Å²) in [5.74, 6) is 1.00. The molecule has 0 aliphatic carbocycles. The van der Waals surface area contributed by atoms with Crippen molar-refractivity contribution in [1.29, 1.82) is 0 Å². The number of hydrogen-bond acceptors (Lipinski definition) is 4. The van der Waals surface area contributed by atoms with Crippen LogP contribution in [0.2, 0.25) is 0 Å². The second-order valence-electron chi connectivity index (χ2n) is 7.24. The Labute approximate surface area is 137 Å². The summed E-state index contributed by atoms with van der Waals surface area (Å²) in [6.45, 7) is 7.67. The zero-order chi connectivity index (χ0) is 16.4. The number of para-hydroxylation sites is 2. The lowest BCUT2D eigenvalue weighted by atomic mass is 9.95. The summed E-state index contributed by atoms with van der Waals surface area (Å²) in [6.07, 6.45) is 3.74. The van der Waals surface area contributed by atoms with Gasteiger partial charge in [0, 0.05) is 18.6 Å². The highest BCUT2D eigenvalue weighted by Crippen LogP contribution is 2.23. The lowest BCUT2D eigenvalue weighted by molar-refractivity contribution is -0.126. The Kier molecular flexibility index (Phi) is 4.20. The molecule has 1 aliphatic rings. The number of anilines is 1. The Morgan fingerprint density at radius 2 is 2.00 bits per heavy atom. The van der Waals surface area contributed by atoms with Crippen LogP contribution < -0.4 is 10.2 Å². The number of carbonyl (C=O) groups is 1. The maximum atomic E-state index is 12.4. The summed E-state index contributed by atoms with van der Waals surface area (Å²) in [7, 11) is 0. The van der Waals surface area contributed by atoms with Crippen molar-refractivity contribution in [2.75, 3.05) is 18.0 Å². The first-order chi connectivity index (χ1) is 10.9. The Morgan fingerprint density at radius 1 is 1.26 bits per heavy atom. The van der Waals surface area contributed by atoms with Crippen LogP contribution in [0.1, 0.15) is 33.6 Å². The van der Waals surface area contributed by atoms with Gasteiger partial charge in [0.15, 0.2) is 0 Å². The van der Waals surface area contributed by atoms with E-state index >= 15 is 0 Å². The van der Waals surface area contributed by atoms with Gasteiger partial charge in [0.05, 0.1) is 23.1 Å². The van der Waals surface area contributed by atoms with Gasteiger partial charge in [0.1, 0.15) is 5.82 Å². The molecule has 1 aliphatic heterocycles.